The van der Waals surface area contributed by atoms with Crippen LogP contribution in [0.15, 0.2) is 23.8 Å². The zero-order valence-electron chi connectivity index (χ0n) is 39.7. The number of allylic oxidation sites excluding steroid dienone is 3. The summed E-state index contributed by atoms with van der Waals surface area (Å²) in [4.78, 5) is 41.5. The second kappa shape index (κ2) is 24.1. The maximum absolute atomic E-state index is 13.8. The van der Waals surface area contributed by atoms with Crippen LogP contribution in [0.1, 0.15) is 87.5 Å². The zero-order chi connectivity index (χ0) is 47.8. The number of hydrogen-bond acceptors (Lipinski definition) is 18. The van der Waals surface area contributed by atoms with Gasteiger partial charge in [-0.3, -0.25) is 9.59 Å². The van der Waals surface area contributed by atoms with Crippen molar-refractivity contribution in [2.75, 3.05) is 34.9 Å². The van der Waals surface area contributed by atoms with Gasteiger partial charge in [-0.1, -0.05) is 38.5 Å². The van der Waals surface area contributed by atoms with Gasteiger partial charge < -0.3 is 77.9 Å². The third-order valence-corrected chi connectivity index (χ3v) is 13.4. The highest BCUT2D eigenvalue weighted by Gasteiger charge is 2.52. The molecule has 0 aromatic heterocycles. The van der Waals surface area contributed by atoms with Gasteiger partial charge in [0.2, 0.25) is 0 Å². The van der Waals surface area contributed by atoms with E-state index >= 15 is 0 Å². The van der Waals surface area contributed by atoms with Gasteiger partial charge in [0.05, 0.1) is 55.2 Å². The average Bonchev–Trinajstić information content (AvgIpc) is 3.23. The van der Waals surface area contributed by atoms with Crippen molar-refractivity contribution in [1.82, 2.24) is 4.90 Å². The lowest BCUT2D eigenvalue weighted by atomic mass is 9.79. The van der Waals surface area contributed by atoms with Crippen LogP contribution in [0.25, 0.3) is 0 Å². The highest BCUT2D eigenvalue weighted by atomic mass is 16.7. The van der Waals surface area contributed by atoms with Crippen molar-refractivity contribution in [1.29, 1.82) is 0 Å². The average molecular weight is 916 g/mol. The molecule has 4 rings (SSSR count). The topological polar surface area (TPSA) is 239 Å². The largest absolute Gasteiger partial charge is 0.462 e. The maximum Gasteiger partial charge on any atom is 0.308 e. The lowest BCUT2D eigenvalue weighted by Gasteiger charge is -2.50. The molecule has 4 aliphatic rings. The molecule has 0 aromatic carbocycles. The Hall–Kier alpha value is -2.27. The number of aliphatic hydroxyl groups is 5. The van der Waals surface area contributed by atoms with Crippen molar-refractivity contribution in [3.8, 4) is 0 Å². The summed E-state index contributed by atoms with van der Waals surface area (Å²) in [5, 5.41) is 55.8. The number of rotatable bonds is 13. The summed E-state index contributed by atoms with van der Waals surface area (Å²) in [7, 11) is 6.43. The Bertz CT molecular complexity index is 1560. The van der Waals surface area contributed by atoms with Crippen LogP contribution in [0.4, 0.5) is 0 Å². The van der Waals surface area contributed by atoms with Crippen LogP contribution < -0.4 is 0 Å². The Labute approximate surface area is 378 Å². The second-order valence-corrected chi connectivity index (χ2v) is 18.7. The van der Waals surface area contributed by atoms with E-state index in [2.05, 4.69) is 0 Å². The SMILES string of the molecule is CC[C@H]1OC(=O)C[C@@H](O)[C@H](C)C(O[C@@H]2O[C@H](C)[C@@H](O[C@H]3C[C@](C)(O)[C@@H](O)[C@H](C)O3)[C@H](N(C)C)[C@H]2O)[C@@H](CC=O)C[C@@H](C)C(=O)/C=C/C(C)=C/C1CO[C@@H]1O[C@H](C)[C@@H](O)[C@@H](OC)[C@H]1OC. The highest BCUT2D eigenvalue weighted by Crippen LogP contribution is 2.37. The molecule has 18 heteroatoms. The molecule has 3 saturated heterocycles. The van der Waals surface area contributed by atoms with E-state index in [1.165, 1.54) is 27.2 Å². The van der Waals surface area contributed by atoms with Crippen molar-refractivity contribution in [3.63, 3.8) is 0 Å². The first-order chi connectivity index (χ1) is 30.1. The molecule has 5 N–H and O–H groups in total. The van der Waals surface area contributed by atoms with Gasteiger partial charge in [-0.2, -0.15) is 0 Å². The second-order valence-electron chi connectivity index (χ2n) is 18.7. The number of carbonyl (C=O) groups is 3. The number of esters is 1. The van der Waals surface area contributed by atoms with Crippen LogP contribution >= 0.6 is 0 Å². The Morgan fingerprint density at radius 3 is 2.11 bits per heavy atom. The molecular weight excluding hydrogens is 838 g/mol. The summed E-state index contributed by atoms with van der Waals surface area (Å²) in [6.07, 6.45) is -8.49. The van der Waals surface area contributed by atoms with E-state index < -0.39 is 140 Å². The molecule has 0 aromatic rings. The summed E-state index contributed by atoms with van der Waals surface area (Å²) in [5.41, 5.74) is -0.806. The van der Waals surface area contributed by atoms with Gasteiger partial charge in [-0.05, 0) is 73.5 Å². The first-order valence-electron chi connectivity index (χ1n) is 22.7. The van der Waals surface area contributed by atoms with Gasteiger partial charge in [0, 0.05) is 44.8 Å². The van der Waals surface area contributed by atoms with Crippen molar-refractivity contribution >= 4 is 18.0 Å². The van der Waals surface area contributed by atoms with Crippen molar-refractivity contribution in [3.05, 3.63) is 23.8 Å². The Morgan fingerprint density at radius 1 is 0.859 bits per heavy atom. The highest BCUT2D eigenvalue weighted by molar-refractivity contribution is 5.91. The van der Waals surface area contributed by atoms with E-state index in [0.717, 1.165) is 6.29 Å². The number of aliphatic hydroxyl groups excluding tert-OH is 4. The number of ketones is 1. The molecular formula is C46H77NO17. The molecule has 0 bridgehead atoms. The fourth-order valence-corrected chi connectivity index (χ4v) is 9.51. The van der Waals surface area contributed by atoms with Crippen molar-refractivity contribution in [2.45, 2.75) is 191 Å². The standard InChI is InChI=1S/C46H77NO17/c1-13-33-30(22-58-45-42(57-12)41(56-11)37(52)26(5)60-45)18-23(2)14-15-31(49)24(3)19-29(16-17-48)39(25(4)32(50)20-34(51)62-33)64-44-38(53)36(47(9)10)40(27(6)61-44)63-35-21-46(8,55)43(54)28(7)59-35/h14-15,17-18,24-30,32-33,35-45,50,52-55H,13,16,19-22H2,1-12H3/b15-14+,23-18+/t24-,25+,26-,27-,28+,29+,30?,32-,33-,35+,36-,37-,38-,39?,40-,41-,42-,43+,44+,45-,46+/m1/s1. The number of carbonyl (C=O) groups excluding carboxylic acids is 3. The fourth-order valence-electron chi connectivity index (χ4n) is 9.51. The fraction of sp³-hybridized carbons (Fsp3) is 0.848. The molecule has 2 unspecified atom stereocenters. The van der Waals surface area contributed by atoms with Gasteiger partial charge in [0.15, 0.2) is 24.7 Å². The number of hydrogen-bond donors (Lipinski definition) is 5. The van der Waals surface area contributed by atoms with E-state index in [1.807, 2.05) is 19.9 Å². The molecule has 4 heterocycles. The van der Waals surface area contributed by atoms with Crippen LogP contribution in [0, 0.1) is 23.7 Å². The molecule has 368 valence electrons. The van der Waals surface area contributed by atoms with Crippen LogP contribution in [-0.4, -0.2) is 187 Å². The predicted octanol–water partition coefficient (Wildman–Crippen LogP) is 1.83. The minimum atomic E-state index is -1.49. The molecule has 3 fully saturated rings. The minimum absolute atomic E-state index is 0.00788. The first kappa shape index (κ1) is 54.3. The van der Waals surface area contributed by atoms with E-state index in [9.17, 15) is 39.9 Å². The number of methoxy groups -OCH3 is 2. The van der Waals surface area contributed by atoms with E-state index in [0.29, 0.717) is 12.0 Å². The summed E-state index contributed by atoms with van der Waals surface area (Å²) in [6.45, 7) is 13.6. The zero-order valence-corrected chi connectivity index (χ0v) is 39.7. The van der Waals surface area contributed by atoms with E-state index in [4.69, 9.17) is 42.6 Å². The molecule has 0 spiro atoms. The van der Waals surface area contributed by atoms with Gasteiger partial charge in [-0.15, -0.1) is 0 Å². The molecule has 21 atom stereocenters. The third kappa shape index (κ3) is 13.5. The summed E-state index contributed by atoms with van der Waals surface area (Å²) in [5.74, 6) is -3.59. The van der Waals surface area contributed by atoms with Gasteiger partial charge in [0.25, 0.3) is 0 Å². The molecule has 4 aliphatic heterocycles. The number of nitrogens with zero attached hydrogens (tertiary/aromatic N) is 1. The summed E-state index contributed by atoms with van der Waals surface area (Å²) < 4.78 is 54.7. The molecule has 18 nitrogen and oxygen atoms in total. The normalized spacial score (nSPS) is 45.9. The van der Waals surface area contributed by atoms with Crippen LogP contribution in [0.2, 0.25) is 0 Å². The minimum Gasteiger partial charge on any atom is -0.462 e. The smallest absolute Gasteiger partial charge is 0.308 e. The Balaban J connectivity index is 1.62. The molecule has 0 amide bonds. The van der Waals surface area contributed by atoms with Gasteiger partial charge in [-0.25, -0.2) is 0 Å². The summed E-state index contributed by atoms with van der Waals surface area (Å²) in [6, 6.07) is -0.748. The number of likely N-dealkylation sites (N-methyl/N-ethyl adjacent to an activating group) is 1. The van der Waals surface area contributed by atoms with Crippen LogP contribution in [0.5, 0.6) is 0 Å². The lowest BCUT2D eigenvalue weighted by Crippen LogP contribution is -2.65. The molecule has 0 radical (unpaired) electrons. The Morgan fingerprint density at radius 2 is 1.52 bits per heavy atom. The lowest BCUT2D eigenvalue weighted by molar-refractivity contribution is -0.341. The number of aldehydes is 1. The number of ether oxygens (including phenoxy) is 9. The molecule has 0 aliphatic carbocycles. The van der Waals surface area contributed by atoms with Crippen LogP contribution in [-0.2, 0) is 57.0 Å². The first-order valence-corrected chi connectivity index (χ1v) is 22.7. The number of cyclic esters (lactones) is 1. The van der Waals surface area contributed by atoms with E-state index in [1.54, 1.807) is 59.7 Å². The van der Waals surface area contributed by atoms with Crippen molar-refractivity contribution < 1.29 is 82.5 Å². The Kier molecular flexibility index (Phi) is 20.5. The quantitative estimate of drug-likeness (QED) is 0.131. The van der Waals surface area contributed by atoms with E-state index in [-0.39, 0.29) is 31.7 Å². The molecule has 64 heavy (non-hydrogen) atoms. The van der Waals surface area contributed by atoms with Gasteiger partial charge >= 0.3 is 5.97 Å². The van der Waals surface area contributed by atoms with Crippen molar-refractivity contribution in [2.24, 2.45) is 23.7 Å². The molecule has 0 saturated carbocycles. The maximum atomic E-state index is 13.8. The summed E-state index contributed by atoms with van der Waals surface area (Å²) >= 11 is 0. The van der Waals surface area contributed by atoms with Crippen LogP contribution in [0.3, 0.4) is 0 Å². The monoisotopic (exact) mass is 916 g/mol. The van der Waals surface area contributed by atoms with Gasteiger partial charge in [0.1, 0.15) is 49.0 Å². The predicted molar refractivity (Wildman–Crippen MR) is 230 cm³/mol. The third-order valence-electron chi connectivity index (χ3n) is 13.4.